The molecule has 0 unspecified atom stereocenters. The van der Waals surface area contributed by atoms with Gasteiger partial charge in [-0.3, -0.25) is 0 Å². The van der Waals surface area contributed by atoms with Gasteiger partial charge in [-0.15, -0.1) is 0 Å². The maximum absolute atomic E-state index is 12.3. The van der Waals surface area contributed by atoms with Gasteiger partial charge in [-0.1, -0.05) is 19.9 Å². The average Bonchev–Trinajstić information content (AvgIpc) is 2.64. The number of fused-ring (bicyclic) bond motifs is 1. The molecule has 0 radical (unpaired) electrons. The summed E-state index contributed by atoms with van der Waals surface area (Å²) in [5.41, 5.74) is 3.44. The monoisotopic (exact) mass is 361 g/mol. The molecule has 5 nitrogen and oxygen atoms in total. The Morgan fingerprint density at radius 2 is 2.00 bits per heavy atom. The summed E-state index contributed by atoms with van der Waals surface area (Å²) >= 11 is 0. The topological polar surface area (TPSA) is 80.3 Å². The van der Waals surface area contributed by atoms with E-state index in [1.807, 2.05) is 25.1 Å². The molecule has 0 atom stereocenters. The van der Waals surface area contributed by atoms with Gasteiger partial charge >= 0.3 is 11.6 Å². The standard InChI is InChI=1S/C22H19NO4/c1-13(2)18-10-19-17(9-21(24)27-20(19)7-14(18)3)12-26-22(25)16-6-4-5-15(8-16)11-23/h4-10,13H,12H2,1-3H3. The molecule has 1 aromatic heterocycles. The Labute approximate surface area is 156 Å². The van der Waals surface area contributed by atoms with E-state index in [2.05, 4.69) is 13.8 Å². The van der Waals surface area contributed by atoms with Gasteiger partial charge in [0.1, 0.15) is 12.2 Å². The van der Waals surface area contributed by atoms with E-state index in [0.29, 0.717) is 28.2 Å². The Morgan fingerprint density at radius 1 is 1.22 bits per heavy atom. The van der Waals surface area contributed by atoms with E-state index in [1.165, 1.54) is 12.1 Å². The van der Waals surface area contributed by atoms with Gasteiger partial charge in [0.05, 0.1) is 17.2 Å². The van der Waals surface area contributed by atoms with E-state index in [9.17, 15) is 9.59 Å². The molecule has 5 heteroatoms. The van der Waals surface area contributed by atoms with E-state index in [0.717, 1.165) is 16.5 Å². The molecule has 0 fully saturated rings. The van der Waals surface area contributed by atoms with Crippen LogP contribution in [0.2, 0.25) is 0 Å². The lowest BCUT2D eigenvalue weighted by molar-refractivity contribution is 0.0474. The predicted molar refractivity (Wildman–Crippen MR) is 102 cm³/mol. The van der Waals surface area contributed by atoms with Crippen molar-refractivity contribution in [1.29, 1.82) is 5.26 Å². The lowest BCUT2D eigenvalue weighted by atomic mass is 9.95. The van der Waals surface area contributed by atoms with Crippen LogP contribution in [0.25, 0.3) is 11.0 Å². The van der Waals surface area contributed by atoms with Crippen LogP contribution >= 0.6 is 0 Å². The zero-order valence-corrected chi connectivity index (χ0v) is 15.4. The summed E-state index contributed by atoms with van der Waals surface area (Å²) in [6.07, 6.45) is 0. The molecule has 1 heterocycles. The van der Waals surface area contributed by atoms with Gasteiger partial charge in [0.25, 0.3) is 0 Å². The number of nitrogens with zero attached hydrogens (tertiary/aromatic N) is 1. The molecule has 0 aliphatic heterocycles. The Bertz CT molecular complexity index is 1120. The maximum atomic E-state index is 12.3. The van der Waals surface area contributed by atoms with Crippen molar-refractivity contribution in [1.82, 2.24) is 0 Å². The first-order chi connectivity index (χ1) is 12.9. The number of carbonyl (C=O) groups is 1. The fourth-order valence-corrected chi connectivity index (χ4v) is 3.08. The predicted octanol–water partition coefficient (Wildman–Crippen LogP) is 4.45. The van der Waals surface area contributed by atoms with Crippen LogP contribution < -0.4 is 5.63 Å². The van der Waals surface area contributed by atoms with Crippen LogP contribution in [0.5, 0.6) is 0 Å². The van der Waals surface area contributed by atoms with Crippen molar-refractivity contribution in [3.05, 3.63) is 80.7 Å². The van der Waals surface area contributed by atoms with Crippen molar-refractivity contribution in [3.8, 4) is 6.07 Å². The fraction of sp³-hybridized carbons (Fsp3) is 0.227. The number of carbonyl (C=O) groups excluding carboxylic acids is 1. The molecule has 0 saturated heterocycles. The van der Waals surface area contributed by atoms with Gasteiger partial charge in [-0.2, -0.15) is 5.26 Å². The summed E-state index contributed by atoms with van der Waals surface area (Å²) in [4.78, 5) is 24.2. The van der Waals surface area contributed by atoms with Crippen molar-refractivity contribution in [3.63, 3.8) is 0 Å². The molecule has 3 rings (SSSR count). The number of aryl methyl sites for hydroxylation is 1. The highest BCUT2D eigenvalue weighted by Crippen LogP contribution is 2.27. The number of rotatable bonds is 4. The van der Waals surface area contributed by atoms with E-state index in [1.54, 1.807) is 18.2 Å². The average molecular weight is 361 g/mol. The number of hydrogen-bond acceptors (Lipinski definition) is 5. The Kier molecular flexibility index (Phi) is 5.09. The van der Waals surface area contributed by atoms with Gasteiger partial charge in [0, 0.05) is 17.0 Å². The van der Waals surface area contributed by atoms with Crippen molar-refractivity contribution in [2.24, 2.45) is 0 Å². The molecular formula is C22H19NO4. The number of esters is 1. The second-order valence-electron chi connectivity index (χ2n) is 6.72. The van der Waals surface area contributed by atoms with Crippen LogP contribution in [0.3, 0.4) is 0 Å². The highest BCUT2D eigenvalue weighted by Gasteiger charge is 2.14. The Hall–Kier alpha value is -3.39. The number of hydrogen-bond donors (Lipinski definition) is 0. The zero-order chi connectivity index (χ0) is 19.6. The minimum Gasteiger partial charge on any atom is -0.457 e. The molecule has 0 aliphatic carbocycles. The fourth-order valence-electron chi connectivity index (χ4n) is 3.08. The molecule has 0 bridgehead atoms. The van der Waals surface area contributed by atoms with Crippen LogP contribution in [-0.2, 0) is 11.3 Å². The number of ether oxygens (including phenoxy) is 1. The summed E-state index contributed by atoms with van der Waals surface area (Å²) in [5.74, 6) is -0.241. The molecule has 0 aliphatic rings. The van der Waals surface area contributed by atoms with E-state index >= 15 is 0 Å². The smallest absolute Gasteiger partial charge is 0.338 e. The molecule has 0 spiro atoms. The third-order valence-corrected chi connectivity index (χ3v) is 4.42. The molecule has 27 heavy (non-hydrogen) atoms. The third-order valence-electron chi connectivity index (χ3n) is 4.42. The van der Waals surface area contributed by atoms with Gasteiger partial charge < -0.3 is 9.15 Å². The summed E-state index contributed by atoms with van der Waals surface area (Å²) in [5, 5.41) is 9.70. The van der Waals surface area contributed by atoms with Crippen molar-refractivity contribution < 1.29 is 13.9 Å². The van der Waals surface area contributed by atoms with Gasteiger partial charge in [0.2, 0.25) is 0 Å². The van der Waals surface area contributed by atoms with E-state index in [-0.39, 0.29) is 6.61 Å². The minimum absolute atomic E-state index is 0.0572. The third kappa shape index (κ3) is 3.90. The molecular weight excluding hydrogens is 342 g/mol. The summed E-state index contributed by atoms with van der Waals surface area (Å²) in [6, 6.07) is 13.5. The van der Waals surface area contributed by atoms with Crippen LogP contribution in [0.15, 0.2) is 51.7 Å². The van der Waals surface area contributed by atoms with Gasteiger partial charge in [-0.25, -0.2) is 9.59 Å². The van der Waals surface area contributed by atoms with Crippen molar-refractivity contribution >= 4 is 16.9 Å². The normalized spacial score (nSPS) is 10.8. The van der Waals surface area contributed by atoms with Gasteiger partial charge in [-0.05, 0) is 54.3 Å². The molecule has 0 saturated carbocycles. The molecule has 0 N–H and O–H groups in total. The molecule has 136 valence electrons. The number of benzene rings is 2. The second kappa shape index (κ2) is 7.46. The SMILES string of the molecule is Cc1cc2oc(=O)cc(COC(=O)c3cccc(C#N)c3)c2cc1C(C)C. The Morgan fingerprint density at radius 3 is 2.70 bits per heavy atom. The highest BCUT2D eigenvalue weighted by atomic mass is 16.5. The van der Waals surface area contributed by atoms with E-state index < -0.39 is 11.6 Å². The zero-order valence-electron chi connectivity index (χ0n) is 15.4. The molecule has 0 amide bonds. The first kappa shape index (κ1) is 18.4. The lowest BCUT2D eigenvalue weighted by Crippen LogP contribution is -2.08. The second-order valence-corrected chi connectivity index (χ2v) is 6.72. The van der Waals surface area contributed by atoms with Crippen molar-refractivity contribution in [2.75, 3.05) is 0 Å². The summed E-state index contributed by atoms with van der Waals surface area (Å²) in [6.45, 7) is 6.10. The first-order valence-corrected chi connectivity index (χ1v) is 8.63. The summed E-state index contributed by atoms with van der Waals surface area (Å²) < 4.78 is 10.7. The quantitative estimate of drug-likeness (QED) is 0.506. The largest absolute Gasteiger partial charge is 0.457 e. The lowest BCUT2D eigenvalue weighted by Gasteiger charge is -2.13. The Balaban J connectivity index is 1.94. The van der Waals surface area contributed by atoms with Crippen LogP contribution in [0.4, 0.5) is 0 Å². The number of nitriles is 1. The van der Waals surface area contributed by atoms with Crippen LogP contribution in [0.1, 0.15) is 52.4 Å². The van der Waals surface area contributed by atoms with Crippen molar-refractivity contribution in [2.45, 2.75) is 33.3 Å². The molecule has 3 aromatic rings. The van der Waals surface area contributed by atoms with Crippen LogP contribution in [0, 0.1) is 18.3 Å². The summed E-state index contributed by atoms with van der Waals surface area (Å²) in [7, 11) is 0. The maximum Gasteiger partial charge on any atom is 0.338 e. The highest BCUT2D eigenvalue weighted by molar-refractivity contribution is 5.90. The minimum atomic E-state index is -0.551. The van der Waals surface area contributed by atoms with Gasteiger partial charge in [0.15, 0.2) is 0 Å². The van der Waals surface area contributed by atoms with E-state index in [4.69, 9.17) is 14.4 Å². The molecule has 2 aromatic carbocycles. The van der Waals surface area contributed by atoms with Crippen LogP contribution in [-0.4, -0.2) is 5.97 Å². The first-order valence-electron chi connectivity index (χ1n) is 8.63.